The maximum atomic E-state index is 12.2. The van der Waals surface area contributed by atoms with Gasteiger partial charge >= 0.3 is 5.97 Å². The molecule has 20 heavy (non-hydrogen) atoms. The minimum atomic E-state index is -0.487. The van der Waals surface area contributed by atoms with Gasteiger partial charge in [0.25, 0.3) is 0 Å². The number of nitrogens with zero attached hydrogens (tertiary/aromatic N) is 2. The molecule has 2 aromatic rings. The number of carbonyl (C=O) groups is 1. The van der Waals surface area contributed by atoms with E-state index < -0.39 is 11.6 Å². The van der Waals surface area contributed by atoms with Crippen molar-refractivity contribution in [1.82, 2.24) is 9.55 Å². The van der Waals surface area contributed by atoms with Gasteiger partial charge in [-0.1, -0.05) is 30.3 Å². The minimum Gasteiger partial charge on any atom is -0.458 e. The molecule has 0 saturated heterocycles. The third kappa shape index (κ3) is 3.26. The number of carbonyl (C=O) groups excluding carboxylic acids is 1. The molecule has 1 heterocycles. The fourth-order valence-corrected chi connectivity index (χ4v) is 1.94. The van der Waals surface area contributed by atoms with Crippen LogP contribution in [0.1, 0.15) is 33.7 Å². The maximum Gasteiger partial charge on any atom is 0.329 e. The second-order valence-electron chi connectivity index (χ2n) is 5.73. The zero-order chi connectivity index (χ0) is 14.8. The van der Waals surface area contributed by atoms with E-state index in [2.05, 4.69) is 4.98 Å². The lowest BCUT2D eigenvalue weighted by atomic mass is 10.2. The van der Waals surface area contributed by atoms with Gasteiger partial charge in [-0.2, -0.15) is 0 Å². The van der Waals surface area contributed by atoms with Crippen LogP contribution in [0.4, 0.5) is 0 Å². The molecule has 1 aromatic carbocycles. The highest BCUT2D eigenvalue weighted by molar-refractivity contribution is 5.75. The van der Waals surface area contributed by atoms with Crippen molar-refractivity contribution in [3.05, 3.63) is 42.7 Å². The van der Waals surface area contributed by atoms with Crippen LogP contribution < -0.4 is 0 Å². The molecule has 0 radical (unpaired) electrons. The molecule has 0 spiro atoms. The fourth-order valence-electron chi connectivity index (χ4n) is 1.94. The molecule has 4 nitrogen and oxygen atoms in total. The van der Waals surface area contributed by atoms with Gasteiger partial charge in [-0.15, -0.1) is 0 Å². The number of aromatic nitrogens is 2. The zero-order valence-electron chi connectivity index (χ0n) is 12.3. The summed E-state index contributed by atoms with van der Waals surface area (Å²) < 4.78 is 7.26. The average Bonchev–Trinajstić information content (AvgIpc) is 2.86. The van der Waals surface area contributed by atoms with Crippen molar-refractivity contribution in [2.24, 2.45) is 0 Å². The topological polar surface area (TPSA) is 44.1 Å². The van der Waals surface area contributed by atoms with Gasteiger partial charge in [-0.05, 0) is 27.7 Å². The molecule has 1 unspecified atom stereocenters. The van der Waals surface area contributed by atoms with Crippen molar-refractivity contribution >= 4 is 5.97 Å². The number of benzene rings is 1. The molecule has 1 aromatic heterocycles. The van der Waals surface area contributed by atoms with Gasteiger partial charge in [0.1, 0.15) is 17.5 Å². The molecule has 0 fully saturated rings. The predicted molar refractivity (Wildman–Crippen MR) is 78.2 cm³/mol. The van der Waals surface area contributed by atoms with E-state index in [4.69, 9.17) is 4.74 Å². The van der Waals surface area contributed by atoms with E-state index in [0.29, 0.717) is 0 Å². The maximum absolute atomic E-state index is 12.2. The standard InChI is InChI=1S/C16H20N2O2/c1-12(15(19)20-16(2,3)4)18-11-10-17-14(18)13-8-6-5-7-9-13/h5-12H,1-4H3. The largest absolute Gasteiger partial charge is 0.458 e. The number of rotatable bonds is 3. The molecule has 0 N–H and O–H groups in total. The van der Waals surface area contributed by atoms with Crippen molar-refractivity contribution in [2.45, 2.75) is 39.3 Å². The summed E-state index contributed by atoms with van der Waals surface area (Å²) in [5.41, 5.74) is 0.492. The van der Waals surface area contributed by atoms with Gasteiger partial charge in [0.2, 0.25) is 0 Å². The Morgan fingerprint density at radius 1 is 1.25 bits per heavy atom. The summed E-state index contributed by atoms with van der Waals surface area (Å²) >= 11 is 0. The molecular formula is C16H20N2O2. The molecule has 0 aliphatic rings. The first-order valence-corrected chi connectivity index (χ1v) is 6.69. The van der Waals surface area contributed by atoms with Crippen LogP contribution in [-0.4, -0.2) is 21.1 Å². The van der Waals surface area contributed by atoms with Crippen LogP contribution in [0, 0.1) is 0 Å². The van der Waals surface area contributed by atoms with Crippen LogP contribution in [-0.2, 0) is 9.53 Å². The van der Waals surface area contributed by atoms with Crippen LogP contribution in [0.5, 0.6) is 0 Å². The van der Waals surface area contributed by atoms with Crippen molar-refractivity contribution in [3.8, 4) is 11.4 Å². The smallest absolute Gasteiger partial charge is 0.329 e. The Hall–Kier alpha value is -2.10. The van der Waals surface area contributed by atoms with Crippen molar-refractivity contribution < 1.29 is 9.53 Å². The molecule has 0 aliphatic carbocycles. The predicted octanol–water partition coefficient (Wildman–Crippen LogP) is 3.45. The molecule has 106 valence electrons. The summed E-state index contributed by atoms with van der Waals surface area (Å²) in [6.07, 6.45) is 3.50. The summed E-state index contributed by atoms with van der Waals surface area (Å²) in [5, 5.41) is 0. The number of hydrogen-bond donors (Lipinski definition) is 0. The third-order valence-electron chi connectivity index (χ3n) is 2.87. The highest BCUT2D eigenvalue weighted by Crippen LogP contribution is 2.22. The monoisotopic (exact) mass is 272 g/mol. The zero-order valence-corrected chi connectivity index (χ0v) is 12.3. The molecule has 0 amide bonds. The van der Waals surface area contributed by atoms with Gasteiger partial charge in [0.15, 0.2) is 0 Å². The lowest BCUT2D eigenvalue weighted by molar-refractivity contribution is -0.158. The van der Waals surface area contributed by atoms with Gasteiger partial charge in [-0.3, -0.25) is 0 Å². The van der Waals surface area contributed by atoms with Gasteiger partial charge in [0, 0.05) is 18.0 Å². The Bertz CT molecular complexity index is 582. The average molecular weight is 272 g/mol. The Labute approximate surface area is 119 Å². The summed E-state index contributed by atoms with van der Waals surface area (Å²) in [6.45, 7) is 7.42. The number of imidazole rings is 1. The third-order valence-corrected chi connectivity index (χ3v) is 2.87. The van der Waals surface area contributed by atoms with Crippen LogP contribution in [0.25, 0.3) is 11.4 Å². The first-order chi connectivity index (χ1) is 9.38. The normalized spacial score (nSPS) is 13.0. The number of ether oxygens (including phenoxy) is 1. The SMILES string of the molecule is CC(C(=O)OC(C)(C)C)n1ccnc1-c1ccccc1. The summed E-state index contributed by atoms with van der Waals surface area (Å²) in [5.74, 6) is 0.511. The molecule has 0 aliphatic heterocycles. The lowest BCUT2D eigenvalue weighted by Gasteiger charge is -2.23. The first kappa shape index (κ1) is 14.3. The summed E-state index contributed by atoms with van der Waals surface area (Å²) in [7, 11) is 0. The Kier molecular flexibility index (Phi) is 3.93. The number of esters is 1. The van der Waals surface area contributed by atoms with Crippen LogP contribution in [0.3, 0.4) is 0 Å². The Balaban J connectivity index is 2.26. The van der Waals surface area contributed by atoms with E-state index in [9.17, 15) is 4.79 Å². The van der Waals surface area contributed by atoms with Gasteiger partial charge < -0.3 is 9.30 Å². The van der Waals surface area contributed by atoms with Crippen LogP contribution >= 0.6 is 0 Å². The lowest BCUT2D eigenvalue weighted by Crippen LogP contribution is -2.29. The molecule has 2 rings (SSSR count). The highest BCUT2D eigenvalue weighted by atomic mass is 16.6. The van der Waals surface area contributed by atoms with Gasteiger partial charge in [0.05, 0.1) is 0 Å². The Morgan fingerprint density at radius 2 is 1.90 bits per heavy atom. The van der Waals surface area contributed by atoms with Crippen LogP contribution in [0.2, 0.25) is 0 Å². The Morgan fingerprint density at radius 3 is 2.50 bits per heavy atom. The number of hydrogen-bond acceptors (Lipinski definition) is 3. The summed E-state index contributed by atoms with van der Waals surface area (Å²) in [6, 6.07) is 9.39. The van der Waals surface area contributed by atoms with E-state index in [-0.39, 0.29) is 5.97 Å². The van der Waals surface area contributed by atoms with Gasteiger partial charge in [-0.25, -0.2) is 9.78 Å². The molecule has 0 saturated carbocycles. The van der Waals surface area contributed by atoms with E-state index >= 15 is 0 Å². The summed E-state index contributed by atoms with van der Waals surface area (Å²) in [4.78, 5) is 16.5. The van der Waals surface area contributed by atoms with Crippen molar-refractivity contribution in [2.75, 3.05) is 0 Å². The van der Waals surface area contributed by atoms with E-state index in [0.717, 1.165) is 11.4 Å². The first-order valence-electron chi connectivity index (χ1n) is 6.69. The molecule has 0 bridgehead atoms. The second kappa shape index (κ2) is 5.49. The molecular weight excluding hydrogens is 252 g/mol. The van der Waals surface area contributed by atoms with Crippen LogP contribution in [0.15, 0.2) is 42.7 Å². The quantitative estimate of drug-likeness (QED) is 0.804. The van der Waals surface area contributed by atoms with Crippen molar-refractivity contribution in [3.63, 3.8) is 0 Å². The van der Waals surface area contributed by atoms with E-state index in [1.807, 2.05) is 62.6 Å². The molecule has 4 heteroatoms. The minimum absolute atomic E-state index is 0.257. The second-order valence-corrected chi connectivity index (χ2v) is 5.73. The van der Waals surface area contributed by atoms with E-state index in [1.54, 1.807) is 12.4 Å². The molecule has 1 atom stereocenters. The van der Waals surface area contributed by atoms with E-state index in [1.165, 1.54) is 0 Å². The van der Waals surface area contributed by atoms with Crippen molar-refractivity contribution in [1.29, 1.82) is 0 Å². The highest BCUT2D eigenvalue weighted by Gasteiger charge is 2.24. The fraction of sp³-hybridized carbons (Fsp3) is 0.375.